The van der Waals surface area contributed by atoms with Crippen molar-refractivity contribution in [3.8, 4) is 0 Å². The molecule has 7 nitrogen and oxygen atoms in total. The number of rotatable bonds is 5. The number of nitrogens with zero attached hydrogens (tertiary/aromatic N) is 3. The van der Waals surface area contributed by atoms with E-state index in [1.807, 2.05) is 0 Å². The first kappa shape index (κ1) is 13.7. The number of aliphatic hydroxyl groups excluding tert-OH is 2. The van der Waals surface area contributed by atoms with Gasteiger partial charge in [-0.15, -0.1) is 11.3 Å². The van der Waals surface area contributed by atoms with Crippen molar-refractivity contribution in [1.29, 1.82) is 0 Å². The van der Waals surface area contributed by atoms with E-state index in [1.54, 1.807) is 0 Å². The Labute approximate surface area is 113 Å². The molecule has 2 heterocycles. The second-order valence-electron chi connectivity index (χ2n) is 3.79. The van der Waals surface area contributed by atoms with Crippen LogP contribution in [0, 0.1) is 0 Å². The predicted molar refractivity (Wildman–Crippen MR) is 71.9 cm³/mol. The van der Waals surface area contributed by atoms with Crippen LogP contribution in [-0.2, 0) is 0 Å². The number of hydrogen-bond donors (Lipinski definition) is 3. The van der Waals surface area contributed by atoms with Crippen molar-refractivity contribution in [2.45, 2.75) is 0 Å². The maximum Gasteiger partial charge on any atom is 0.266 e. The van der Waals surface area contributed by atoms with Gasteiger partial charge >= 0.3 is 0 Å². The summed E-state index contributed by atoms with van der Waals surface area (Å²) in [6.45, 7) is -0.0536. The van der Waals surface area contributed by atoms with Gasteiger partial charge in [0.05, 0.1) is 18.9 Å². The summed E-state index contributed by atoms with van der Waals surface area (Å²) in [6.07, 6.45) is 3.05. The zero-order valence-corrected chi connectivity index (χ0v) is 10.9. The van der Waals surface area contributed by atoms with Crippen LogP contribution in [-0.4, -0.2) is 57.3 Å². The monoisotopic (exact) mass is 282 g/mol. The highest BCUT2D eigenvalue weighted by atomic mass is 32.1. The van der Waals surface area contributed by atoms with Gasteiger partial charge < -0.3 is 20.8 Å². The standard InChI is InChI=1S/C11H14N4O3S/c12-7-8-10(14-2-1-13-8)19-9(7)11(18)15(3-5-16)4-6-17/h1-2,16-17H,3-6,12H2. The lowest BCUT2D eigenvalue weighted by Crippen LogP contribution is -2.35. The van der Waals surface area contributed by atoms with Crippen molar-refractivity contribution in [3.05, 3.63) is 17.3 Å². The van der Waals surface area contributed by atoms with E-state index in [0.29, 0.717) is 20.9 Å². The molecule has 0 aromatic carbocycles. The molecule has 2 aromatic heterocycles. The van der Waals surface area contributed by atoms with Gasteiger partial charge in [-0.2, -0.15) is 0 Å². The lowest BCUT2D eigenvalue weighted by molar-refractivity contribution is 0.0690. The molecule has 2 rings (SSSR count). The minimum Gasteiger partial charge on any atom is -0.396 e. The van der Waals surface area contributed by atoms with Crippen molar-refractivity contribution >= 4 is 33.3 Å². The second kappa shape index (κ2) is 5.91. The summed E-state index contributed by atoms with van der Waals surface area (Å²) in [5, 5.41) is 17.9. The fraction of sp³-hybridized carbons (Fsp3) is 0.364. The minimum atomic E-state index is -0.328. The molecule has 0 aliphatic rings. The molecule has 0 bridgehead atoms. The Morgan fingerprint density at radius 1 is 1.26 bits per heavy atom. The van der Waals surface area contributed by atoms with Crippen molar-refractivity contribution in [1.82, 2.24) is 14.9 Å². The van der Waals surface area contributed by atoms with Gasteiger partial charge in [-0.3, -0.25) is 4.79 Å². The molecule has 0 fully saturated rings. The van der Waals surface area contributed by atoms with E-state index in [1.165, 1.54) is 17.3 Å². The molecular formula is C11H14N4O3S. The smallest absolute Gasteiger partial charge is 0.266 e. The van der Waals surface area contributed by atoms with Crippen molar-refractivity contribution in [3.63, 3.8) is 0 Å². The number of aliphatic hydroxyl groups is 2. The quantitative estimate of drug-likeness (QED) is 0.694. The summed E-state index contributed by atoms with van der Waals surface area (Å²) in [6, 6.07) is 0. The molecule has 0 radical (unpaired) electrons. The predicted octanol–water partition coefficient (Wildman–Crippen LogP) is -0.300. The molecule has 0 unspecified atom stereocenters. The molecule has 19 heavy (non-hydrogen) atoms. The first-order valence-electron chi connectivity index (χ1n) is 5.69. The highest BCUT2D eigenvalue weighted by Crippen LogP contribution is 2.31. The first-order chi connectivity index (χ1) is 9.19. The lowest BCUT2D eigenvalue weighted by atomic mass is 10.3. The van der Waals surface area contributed by atoms with Gasteiger partial charge in [-0.25, -0.2) is 9.97 Å². The molecule has 0 saturated heterocycles. The van der Waals surface area contributed by atoms with Crippen molar-refractivity contribution < 1.29 is 15.0 Å². The average molecular weight is 282 g/mol. The second-order valence-corrected chi connectivity index (χ2v) is 4.79. The Kier molecular flexibility index (Phi) is 4.25. The van der Waals surface area contributed by atoms with E-state index in [9.17, 15) is 4.79 Å². The number of nitrogens with two attached hydrogens (primary N) is 1. The van der Waals surface area contributed by atoms with E-state index in [4.69, 9.17) is 15.9 Å². The maximum atomic E-state index is 12.3. The number of thiophene rings is 1. The van der Waals surface area contributed by atoms with E-state index in [-0.39, 0.29) is 32.2 Å². The first-order valence-corrected chi connectivity index (χ1v) is 6.50. The number of hydrogen-bond acceptors (Lipinski definition) is 7. The van der Waals surface area contributed by atoms with Gasteiger partial charge in [0, 0.05) is 25.5 Å². The third-order valence-electron chi connectivity index (χ3n) is 2.58. The van der Waals surface area contributed by atoms with Crippen LogP contribution in [0.3, 0.4) is 0 Å². The number of amides is 1. The molecule has 0 aliphatic heterocycles. The van der Waals surface area contributed by atoms with E-state index in [0.717, 1.165) is 11.3 Å². The lowest BCUT2D eigenvalue weighted by Gasteiger charge is -2.19. The maximum absolute atomic E-state index is 12.3. The summed E-state index contributed by atoms with van der Waals surface area (Å²) in [7, 11) is 0. The van der Waals surface area contributed by atoms with Gasteiger partial charge in [-0.05, 0) is 0 Å². The third-order valence-corrected chi connectivity index (χ3v) is 3.68. The number of anilines is 1. The highest BCUT2D eigenvalue weighted by molar-refractivity contribution is 7.21. The SMILES string of the molecule is Nc1c(C(=O)N(CCO)CCO)sc2nccnc12. The fourth-order valence-electron chi connectivity index (χ4n) is 1.70. The van der Waals surface area contributed by atoms with Gasteiger partial charge in [0.2, 0.25) is 0 Å². The number of nitrogen functional groups attached to an aromatic ring is 1. The molecule has 0 saturated carbocycles. The molecule has 102 valence electrons. The van der Waals surface area contributed by atoms with Crippen LogP contribution in [0.15, 0.2) is 12.4 Å². The molecular weight excluding hydrogens is 268 g/mol. The van der Waals surface area contributed by atoms with Crippen LogP contribution in [0.4, 0.5) is 5.69 Å². The van der Waals surface area contributed by atoms with E-state index < -0.39 is 0 Å². The summed E-state index contributed by atoms with van der Waals surface area (Å²) < 4.78 is 0. The van der Waals surface area contributed by atoms with Gasteiger partial charge in [0.15, 0.2) is 0 Å². The molecule has 2 aromatic rings. The summed E-state index contributed by atoms with van der Waals surface area (Å²) in [4.78, 5) is 22.8. The van der Waals surface area contributed by atoms with Crippen LogP contribution >= 0.6 is 11.3 Å². The fourth-order valence-corrected chi connectivity index (χ4v) is 2.69. The zero-order chi connectivity index (χ0) is 13.8. The summed E-state index contributed by atoms with van der Waals surface area (Å²) in [5.74, 6) is -0.328. The van der Waals surface area contributed by atoms with Gasteiger partial charge in [0.1, 0.15) is 15.2 Å². The Morgan fingerprint density at radius 3 is 2.47 bits per heavy atom. The summed E-state index contributed by atoms with van der Waals surface area (Å²) in [5.41, 5.74) is 6.70. The Hall–Kier alpha value is -1.77. The summed E-state index contributed by atoms with van der Waals surface area (Å²) >= 11 is 1.16. The zero-order valence-electron chi connectivity index (χ0n) is 10.1. The molecule has 1 amide bonds. The third kappa shape index (κ3) is 2.65. The van der Waals surface area contributed by atoms with Gasteiger partial charge in [-0.1, -0.05) is 0 Å². The molecule has 0 spiro atoms. The highest BCUT2D eigenvalue weighted by Gasteiger charge is 2.22. The van der Waals surface area contributed by atoms with Crippen LogP contribution in [0.25, 0.3) is 10.3 Å². The molecule has 0 aliphatic carbocycles. The topological polar surface area (TPSA) is 113 Å². The molecule has 4 N–H and O–H groups in total. The molecule has 8 heteroatoms. The Morgan fingerprint density at radius 2 is 1.89 bits per heavy atom. The number of carbonyl (C=O) groups is 1. The van der Waals surface area contributed by atoms with Crippen molar-refractivity contribution in [2.24, 2.45) is 0 Å². The normalized spacial score (nSPS) is 10.8. The van der Waals surface area contributed by atoms with E-state index >= 15 is 0 Å². The Bertz CT molecular complexity index is 580. The van der Waals surface area contributed by atoms with Crippen LogP contribution < -0.4 is 5.73 Å². The van der Waals surface area contributed by atoms with Crippen molar-refractivity contribution in [2.75, 3.05) is 32.0 Å². The van der Waals surface area contributed by atoms with Crippen LogP contribution in [0.1, 0.15) is 9.67 Å². The number of aromatic nitrogens is 2. The van der Waals surface area contributed by atoms with Crippen LogP contribution in [0.5, 0.6) is 0 Å². The minimum absolute atomic E-state index is 0.147. The van der Waals surface area contributed by atoms with Crippen LogP contribution in [0.2, 0.25) is 0 Å². The van der Waals surface area contributed by atoms with Gasteiger partial charge in [0.25, 0.3) is 5.91 Å². The number of fused-ring (bicyclic) bond motifs is 1. The van der Waals surface area contributed by atoms with E-state index in [2.05, 4.69) is 9.97 Å². The Balaban J connectivity index is 2.37. The molecule has 0 atom stereocenters. The average Bonchev–Trinajstić information content (AvgIpc) is 2.76. The number of carbonyl (C=O) groups excluding carboxylic acids is 1. The largest absolute Gasteiger partial charge is 0.396 e.